The molecule has 0 spiro atoms. The lowest BCUT2D eigenvalue weighted by Crippen LogP contribution is -2.08. The Morgan fingerprint density at radius 3 is 2.75 bits per heavy atom. The molecule has 0 radical (unpaired) electrons. The van der Waals surface area contributed by atoms with E-state index < -0.39 is 0 Å². The number of hydrogen-bond donors (Lipinski definition) is 2. The molecule has 0 amide bonds. The Hall–Kier alpha value is -1.18. The second-order valence-corrected chi connectivity index (χ2v) is 4.76. The molecule has 0 aliphatic rings. The van der Waals surface area contributed by atoms with Gasteiger partial charge in [-0.3, -0.25) is 0 Å². The van der Waals surface area contributed by atoms with Crippen molar-refractivity contribution in [2.24, 2.45) is 5.84 Å². The number of nitrogens with zero attached hydrogens (tertiary/aromatic N) is 3. The number of halogens is 1. The number of nitrogens with two attached hydrogens (primary N) is 1. The van der Waals surface area contributed by atoms with Gasteiger partial charge in [0.25, 0.3) is 0 Å². The highest BCUT2D eigenvalue weighted by Gasteiger charge is 2.01. The van der Waals surface area contributed by atoms with Crippen LogP contribution in [0.4, 0.5) is 5.82 Å². The number of hydrogen-bond acceptors (Lipinski definition) is 6. The summed E-state index contributed by atoms with van der Waals surface area (Å²) in [6, 6.07) is 5.60. The summed E-state index contributed by atoms with van der Waals surface area (Å²) in [5, 5.41) is 1.66. The Kier molecular flexibility index (Phi) is 3.70. The van der Waals surface area contributed by atoms with Crippen LogP contribution >= 0.6 is 27.7 Å². The number of anilines is 1. The van der Waals surface area contributed by atoms with E-state index in [-0.39, 0.29) is 0 Å². The van der Waals surface area contributed by atoms with Crippen molar-refractivity contribution in [3.05, 3.63) is 35.2 Å². The molecule has 0 aliphatic carbocycles. The van der Waals surface area contributed by atoms with E-state index in [0.717, 1.165) is 14.5 Å². The van der Waals surface area contributed by atoms with Crippen LogP contribution in [0.25, 0.3) is 0 Å². The fourth-order valence-electron chi connectivity index (χ4n) is 1.00. The monoisotopic (exact) mass is 297 g/mol. The van der Waals surface area contributed by atoms with Crippen LogP contribution in [-0.2, 0) is 0 Å². The lowest BCUT2D eigenvalue weighted by molar-refractivity contribution is 1.03. The molecular formula is C9H8BrN5S. The minimum atomic E-state index is 0.578. The van der Waals surface area contributed by atoms with Crippen LogP contribution in [0, 0.1) is 0 Å². The molecule has 2 aromatic rings. The summed E-state index contributed by atoms with van der Waals surface area (Å²) in [6.45, 7) is 0. The first kappa shape index (κ1) is 11.3. The first-order valence-electron chi connectivity index (χ1n) is 4.36. The Morgan fingerprint density at radius 1 is 1.19 bits per heavy atom. The average Bonchev–Trinajstić information content (AvgIpc) is 2.32. The highest BCUT2D eigenvalue weighted by Crippen LogP contribution is 2.25. The summed E-state index contributed by atoms with van der Waals surface area (Å²) in [4.78, 5) is 12.3. The lowest BCUT2D eigenvalue weighted by Gasteiger charge is -2.02. The van der Waals surface area contributed by atoms with E-state index in [2.05, 4.69) is 36.3 Å². The van der Waals surface area contributed by atoms with Crippen LogP contribution in [0.15, 0.2) is 45.2 Å². The van der Waals surface area contributed by atoms with Crippen molar-refractivity contribution in [2.45, 2.75) is 10.1 Å². The van der Waals surface area contributed by atoms with Gasteiger partial charge in [0.15, 0.2) is 0 Å². The standard InChI is InChI=1S/C9H8BrN5S/c10-6-1-2-8(12-4-6)16-9-3-7(15-11)13-5-14-9/h1-5H,11H2,(H,13,14,15). The third-order valence-electron chi connectivity index (χ3n) is 1.70. The molecule has 3 N–H and O–H groups in total. The molecule has 82 valence electrons. The summed E-state index contributed by atoms with van der Waals surface area (Å²) in [5.41, 5.74) is 2.47. The zero-order valence-corrected chi connectivity index (χ0v) is 10.5. The van der Waals surface area contributed by atoms with Gasteiger partial charge in [-0.2, -0.15) is 0 Å². The van der Waals surface area contributed by atoms with Crippen LogP contribution in [-0.4, -0.2) is 15.0 Å². The molecular weight excluding hydrogens is 290 g/mol. The van der Waals surface area contributed by atoms with Crippen molar-refractivity contribution < 1.29 is 0 Å². The first-order chi connectivity index (χ1) is 7.78. The topological polar surface area (TPSA) is 76.7 Å². The molecule has 7 heteroatoms. The normalized spacial score (nSPS) is 10.1. The van der Waals surface area contributed by atoms with Crippen molar-refractivity contribution in [2.75, 3.05) is 5.43 Å². The first-order valence-corrected chi connectivity index (χ1v) is 5.97. The maximum atomic E-state index is 5.26. The van der Waals surface area contributed by atoms with Crippen LogP contribution in [0.2, 0.25) is 0 Å². The Bertz CT molecular complexity index is 476. The Labute approximate surface area is 105 Å². The van der Waals surface area contributed by atoms with Crippen molar-refractivity contribution in [1.82, 2.24) is 15.0 Å². The van der Waals surface area contributed by atoms with E-state index in [4.69, 9.17) is 5.84 Å². The maximum Gasteiger partial charge on any atom is 0.144 e. The lowest BCUT2D eigenvalue weighted by atomic mass is 10.5. The van der Waals surface area contributed by atoms with Crippen molar-refractivity contribution in [1.29, 1.82) is 0 Å². The summed E-state index contributed by atoms with van der Waals surface area (Å²) in [5.74, 6) is 5.84. The number of rotatable bonds is 3. The van der Waals surface area contributed by atoms with Crippen molar-refractivity contribution >= 4 is 33.5 Å². The summed E-state index contributed by atoms with van der Waals surface area (Å²) in [7, 11) is 0. The molecule has 2 aromatic heterocycles. The van der Waals surface area contributed by atoms with Crippen LogP contribution in [0.5, 0.6) is 0 Å². The number of nitrogen functional groups attached to an aromatic ring is 1. The van der Waals surface area contributed by atoms with E-state index in [1.165, 1.54) is 18.1 Å². The Balaban J connectivity index is 2.16. The van der Waals surface area contributed by atoms with Crippen molar-refractivity contribution in [3.8, 4) is 0 Å². The van der Waals surface area contributed by atoms with Crippen molar-refractivity contribution in [3.63, 3.8) is 0 Å². The van der Waals surface area contributed by atoms with Crippen LogP contribution < -0.4 is 11.3 Å². The third kappa shape index (κ3) is 2.91. The summed E-state index contributed by atoms with van der Waals surface area (Å²) < 4.78 is 0.948. The highest BCUT2D eigenvalue weighted by molar-refractivity contribution is 9.10. The second-order valence-electron chi connectivity index (χ2n) is 2.80. The molecule has 0 aliphatic heterocycles. The Morgan fingerprint density at radius 2 is 2.06 bits per heavy atom. The van der Waals surface area contributed by atoms with Gasteiger partial charge < -0.3 is 5.43 Å². The highest BCUT2D eigenvalue weighted by atomic mass is 79.9. The van der Waals surface area contributed by atoms with Crippen LogP contribution in [0.3, 0.4) is 0 Å². The minimum Gasteiger partial charge on any atom is -0.308 e. The molecule has 0 saturated carbocycles. The zero-order valence-electron chi connectivity index (χ0n) is 8.09. The zero-order chi connectivity index (χ0) is 11.4. The molecule has 16 heavy (non-hydrogen) atoms. The van der Waals surface area contributed by atoms with Gasteiger partial charge in [0.1, 0.15) is 22.2 Å². The number of aromatic nitrogens is 3. The quantitative estimate of drug-likeness (QED) is 0.513. The fraction of sp³-hybridized carbons (Fsp3) is 0. The van der Waals surface area contributed by atoms with Gasteiger partial charge in [-0.05, 0) is 39.8 Å². The average molecular weight is 298 g/mol. The van der Waals surface area contributed by atoms with E-state index in [1.54, 1.807) is 12.3 Å². The number of hydrazine groups is 1. The van der Waals surface area contributed by atoms with Gasteiger partial charge >= 0.3 is 0 Å². The van der Waals surface area contributed by atoms with Gasteiger partial charge in [-0.1, -0.05) is 0 Å². The van der Waals surface area contributed by atoms with E-state index in [0.29, 0.717) is 5.82 Å². The molecule has 0 fully saturated rings. The van der Waals surface area contributed by atoms with Gasteiger partial charge in [-0.25, -0.2) is 20.8 Å². The minimum absolute atomic E-state index is 0.578. The molecule has 5 nitrogen and oxygen atoms in total. The van der Waals surface area contributed by atoms with E-state index in [1.807, 2.05) is 12.1 Å². The van der Waals surface area contributed by atoms with Gasteiger partial charge in [0.05, 0.1) is 0 Å². The molecule has 0 unspecified atom stereocenters. The molecule has 2 heterocycles. The van der Waals surface area contributed by atoms with E-state index >= 15 is 0 Å². The predicted molar refractivity (Wildman–Crippen MR) is 65.9 cm³/mol. The number of nitrogens with one attached hydrogen (secondary N) is 1. The second kappa shape index (κ2) is 5.24. The largest absolute Gasteiger partial charge is 0.308 e. The van der Waals surface area contributed by atoms with Gasteiger partial charge in [-0.15, -0.1) is 0 Å². The van der Waals surface area contributed by atoms with Gasteiger partial charge in [0.2, 0.25) is 0 Å². The maximum absolute atomic E-state index is 5.26. The molecule has 0 atom stereocenters. The third-order valence-corrected chi connectivity index (χ3v) is 3.05. The van der Waals surface area contributed by atoms with Gasteiger partial charge in [0, 0.05) is 16.7 Å². The summed E-state index contributed by atoms with van der Waals surface area (Å²) in [6.07, 6.45) is 3.20. The molecule has 0 bridgehead atoms. The van der Waals surface area contributed by atoms with Crippen LogP contribution in [0.1, 0.15) is 0 Å². The molecule has 0 saturated heterocycles. The molecule has 2 rings (SSSR count). The fourth-order valence-corrected chi connectivity index (χ4v) is 1.96. The summed E-state index contributed by atoms with van der Waals surface area (Å²) >= 11 is 4.78. The number of pyridine rings is 1. The SMILES string of the molecule is NNc1cc(Sc2ccc(Br)cn2)ncn1. The molecule has 0 aromatic carbocycles. The predicted octanol–water partition coefficient (Wildman–Crippen LogP) is 2.07. The smallest absolute Gasteiger partial charge is 0.144 e. The van der Waals surface area contributed by atoms with E-state index in [9.17, 15) is 0 Å².